The molecule has 3 aromatic rings. The average Bonchev–Trinajstić information content (AvgIpc) is 3.19. The molecule has 2 aromatic heterocycles. The third kappa shape index (κ3) is 3.83. The number of H-pyrrole nitrogens is 1. The van der Waals surface area contributed by atoms with Crippen molar-refractivity contribution in [2.75, 3.05) is 43.1 Å². The van der Waals surface area contributed by atoms with E-state index in [1.807, 2.05) is 13.0 Å². The summed E-state index contributed by atoms with van der Waals surface area (Å²) >= 11 is 0. The summed E-state index contributed by atoms with van der Waals surface area (Å²) in [4.78, 5) is 27.3. The van der Waals surface area contributed by atoms with Gasteiger partial charge in [0.05, 0.1) is 30.0 Å². The van der Waals surface area contributed by atoms with Gasteiger partial charge in [-0.1, -0.05) is 12.1 Å². The first kappa shape index (κ1) is 19.8. The van der Waals surface area contributed by atoms with E-state index in [9.17, 15) is 4.79 Å². The van der Waals surface area contributed by atoms with Crippen LogP contribution in [-0.4, -0.2) is 53.7 Å². The van der Waals surface area contributed by atoms with Crippen molar-refractivity contribution in [3.8, 4) is 0 Å². The van der Waals surface area contributed by atoms with Crippen LogP contribution in [0.4, 0.5) is 17.2 Å². The number of benzene rings is 1. The number of carbonyl (C=O) groups is 1. The van der Waals surface area contributed by atoms with E-state index in [0.29, 0.717) is 13.0 Å². The molecule has 8 nitrogen and oxygen atoms in total. The minimum atomic E-state index is -0.0138. The Hall–Kier alpha value is -3.13. The standard InChI is InChI=1S/C23H28N6O2/c1-2-24-23(30)15-7-8-17-16(13-15)20-21(27-17)25-14-26-22(20)28-18-5-3-4-6-19(18)29-9-11-31-12-10-29/h3-6,14-15H,2,7-13H2,1H3,(H,24,30)(H2,25,26,27,28). The number of amides is 1. The van der Waals surface area contributed by atoms with Crippen LogP contribution in [0.5, 0.6) is 0 Å². The fourth-order valence-corrected chi connectivity index (χ4v) is 4.67. The van der Waals surface area contributed by atoms with Crippen LogP contribution < -0.4 is 15.5 Å². The van der Waals surface area contributed by atoms with Crippen LogP contribution in [0.1, 0.15) is 24.6 Å². The summed E-state index contributed by atoms with van der Waals surface area (Å²) in [6.07, 6.45) is 3.98. The van der Waals surface area contributed by atoms with Crippen LogP contribution >= 0.6 is 0 Å². The number of aromatic nitrogens is 3. The van der Waals surface area contributed by atoms with E-state index in [1.165, 1.54) is 5.69 Å². The maximum Gasteiger partial charge on any atom is 0.223 e. The number of nitrogens with one attached hydrogen (secondary N) is 3. The molecule has 3 heterocycles. The maximum absolute atomic E-state index is 12.5. The number of morpholine rings is 1. The Kier molecular flexibility index (Phi) is 5.46. The molecule has 5 rings (SSSR count). The van der Waals surface area contributed by atoms with Gasteiger partial charge < -0.3 is 25.3 Å². The minimum Gasteiger partial charge on any atom is -0.378 e. The SMILES string of the molecule is CCNC(=O)C1CCc2[nH]c3ncnc(Nc4ccccc4N4CCOCC4)c3c2C1. The number of hydrogen-bond donors (Lipinski definition) is 3. The van der Waals surface area contributed by atoms with Crippen LogP contribution in [0.15, 0.2) is 30.6 Å². The Balaban J connectivity index is 1.50. The molecular formula is C23H28N6O2. The monoisotopic (exact) mass is 420 g/mol. The first-order chi connectivity index (χ1) is 15.2. The lowest BCUT2D eigenvalue weighted by Crippen LogP contribution is -2.36. The van der Waals surface area contributed by atoms with Crippen molar-refractivity contribution in [3.05, 3.63) is 41.9 Å². The zero-order valence-electron chi connectivity index (χ0n) is 17.8. The van der Waals surface area contributed by atoms with Gasteiger partial charge in [0.2, 0.25) is 5.91 Å². The topological polar surface area (TPSA) is 95.2 Å². The van der Waals surface area contributed by atoms with Gasteiger partial charge in [0, 0.05) is 31.2 Å². The van der Waals surface area contributed by atoms with Crippen molar-refractivity contribution in [2.45, 2.75) is 26.2 Å². The van der Waals surface area contributed by atoms with Crippen molar-refractivity contribution in [2.24, 2.45) is 5.92 Å². The first-order valence-corrected chi connectivity index (χ1v) is 11.1. The fourth-order valence-electron chi connectivity index (χ4n) is 4.67. The molecule has 0 radical (unpaired) electrons. The first-order valence-electron chi connectivity index (χ1n) is 11.1. The average molecular weight is 421 g/mol. The molecule has 8 heteroatoms. The van der Waals surface area contributed by atoms with Gasteiger partial charge in [0.15, 0.2) is 0 Å². The molecule has 162 valence electrons. The Labute approximate surface area is 181 Å². The molecule has 1 saturated heterocycles. The third-order valence-corrected chi connectivity index (χ3v) is 6.21. The van der Waals surface area contributed by atoms with Gasteiger partial charge in [-0.3, -0.25) is 4.79 Å². The predicted molar refractivity (Wildman–Crippen MR) is 121 cm³/mol. The summed E-state index contributed by atoms with van der Waals surface area (Å²) in [5.74, 6) is 0.895. The second-order valence-electron chi connectivity index (χ2n) is 8.10. The Morgan fingerprint density at radius 1 is 1.26 bits per heavy atom. The molecule has 1 amide bonds. The van der Waals surface area contributed by atoms with E-state index < -0.39 is 0 Å². The number of anilines is 3. The van der Waals surface area contributed by atoms with Gasteiger partial charge in [-0.25, -0.2) is 9.97 Å². The van der Waals surface area contributed by atoms with E-state index in [0.717, 1.165) is 72.9 Å². The van der Waals surface area contributed by atoms with Gasteiger partial charge in [-0.2, -0.15) is 0 Å². The van der Waals surface area contributed by atoms with Crippen LogP contribution in [0, 0.1) is 5.92 Å². The van der Waals surface area contributed by atoms with Crippen molar-refractivity contribution in [3.63, 3.8) is 0 Å². The summed E-state index contributed by atoms with van der Waals surface area (Å²) < 4.78 is 5.52. The van der Waals surface area contributed by atoms with Gasteiger partial charge >= 0.3 is 0 Å². The maximum atomic E-state index is 12.5. The number of rotatable bonds is 5. The highest BCUT2D eigenvalue weighted by molar-refractivity contribution is 5.95. The molecule has 0 spiro atoms. The number of nitrogens with zero attached hydrogens (tertiary/aromatic N) is 3. The molecule has 3 N–H and O–H groups in total. The molecule has 1 aromatic carbocycles. The Morgan fingerprint density at radius 2 is 2.10 bits per heavy atom. The second-order valence-corrected chi connectivity index (χ2v) is 8.10. The molecular weight excluding hydrogens is 392 g/mol. The smallest absolute Gasteiger partial charge is 0.223 e. The summed E-state index contributed by atoms with van der Waals surface area (Å²) in [5.41, 5.74) is 5.30. The molecule has 1 aliphatic carbocycles. The minimum absolute atomic E-state index is 0.0138. The van der Waals surface area contributed by atoms with Crippen molar-refractivity contribution in [1.29, 1.82) is 0 Å². The summed E-state index contributed by atoms with van der Waals surface area (Å²) in [6, 6.07) is 8.29. The van der Waals surface area contributed by atoms with Crippen LogP contribution in [0.2, 0.25) is 0 Å². The molecule has 0 bridgehead atoms. The highest BCUT2D eigenvalue weighted by Crippen LogP contribution is 2.36. The largest absolute Gasteiger partial charge is 0.378 e. The van der Waals surface area contributed by atoms with Crippen molar-refractivity contribution in [1.82, 2.24) is 20.3 Å². The van der Waals surface area contributed by atoms with Gasteiger partial charge in [0.1, 0.15) is 17.8 Å². The lowest BCUT2D eigenvalue weighted by atomic mass is 9.86. The number of carbonyl (C=O) groups excluding carboxylic acids is 1. The quantitative estimate of drug-likeness (QED) is 0.588. The third-order valence-electron chi connectivity index (χ3n) is 6.21. The van der Waals surface area contributed by atoms with Crippen LogP contribution in [0.25, 0.3) is 11.0 Å². The van der Waals surface area contributed by atoms with E-state index in [4.69, 9.17) is 4.74 Å². The van der Waals surface area contributed by atoms with E-state index >= 15 is 0 Å². The zero-order chi connectivity index (χ0) is 21.2. The predicted octanol–water partition coefficient (Wildman–Crippen LogP) is 2.78. The molecule has 31 heavy (non-hydrogen) atoms. The Bertz CT molecular complexity index is 1090. The van der Waals surface area contributed by atoms with Crippen molar-refractivity contribution >= 4 is 34.1 Å². The Morgan fingerprint density at radius 3 is 2.94 bits per heavy atom. The lowest BCUT2D eigenvalue weighted by molar-refractivity contribution is -0.125. The molecule has 1 unspecified atom stereocenters. The molecule has 1 atom stereocenters. The number of para-hydroxylation sites is 2. The fraction of sp³-hybridized carbons (Fsp3) is 0.435. The molecule has 0 saturated carbocycles. The molecule has 1 aliphatic heterocycles. The second kappa shape index (κ2) is 8.55. The van der Waals surface area contributed by atoms with Crippen molar-refractivity contribution < 1.29 is 9.53 Å². The van der Waals surface area contributed by atoms with E-state index in [-0.39, 0.29) is 11.8 Å². The zero-order valence-corrected chi connectivity index (χ0v) is 17.8. The number of hydrogen-bond acceptors (Lipinski definition) is 6. The summed E-state index contributed by atoms with van der Waals surface area (Å²) in [6.45, 7) is 5.82. The number of aryl methyl sites for hydroxylation is 1. The van der Waals surface area contributed by atoms with Gasteiger partial charge in [-0.15, -0.1) is 0 Å². The number of aromatic amines is 1. The van der Waals surface area contributed by atoms with Gasteiger partial charge in [-0.05, 0) is 43.9 Å². The number of fused-ring (bicyclic) bond motifs is 3. The molecule has 1 fully saturated rings. The summed E-state index contributed by atoms with van der Waals surface area (Å²) in [5, 5.41) is 7.53. The summed E-state index contributed by atoms with van der Waals surface area (Å²) in [7, 11) is 0. The molecule has 2 aliphatic rings. The van der Waals surface area contributed by atoms with Gasteiger partial charge in [0.25, 0.3) is 0 Å². The van der Waals surface area contributed by atoms with Crippen LogP contribution in [-0.2, 0) is 22.4 Å². The van der Waals surface area contributed by atoms with Crippen LogP contribution in [0.3, 0.4) is 0 Å². The van der Waals surface area contributed by atoms with E-state index in [1.54, 1.807) is 6.33 Å². The highest BCUT2D eigenvalue weighted by Gasteiger charge is 2.29. The normalized spacial score (nSPS) is 18.6. The lowest BCUT2D eigenvalue weighted by Gasteiger charge is -2.30. The highest BCUT2D eigenvalue weighted by atomic mass is 16.5. The number of ether oxygens (including phenoxy) is 1. The van der Waals surface area contributed by atoms with E-state index in [2.05, 4.69) is 48.7 Å².